The van der Waals surface area contributed by atoms with Crippen molar-refractivity contribution in [3.63, 3.8) is 0 Å². The number of rotatable bonds is 4. The molecule has 2 saturated heterocycles. The lowest BCUT2D eigenvalue weighted by Gasteiger charge is -2.38. The minimum absolute atomic E-state index is 0.0662. The lowest BCUT2D eigenvalue weighted by molar-refractivity contribution is -0.124. The largest absolute Gasteiger partial charge is 0.343 e. The molecule has 2 aliphatic rings. The van der Waals surface area contributed by atoms with Gasteiger partial charge in [0.05, 0.1) is 0 Å². The Morgan fingerprint density at radius 2 is 1.93 bits per heavy atom. The summed E-state index contributed by atoms with van der Waals surface area (Å²) in [6.45, 7) is 5.44. The van der Waals surface area contributed by atoms with Gasteiger partial charge in [0, 0.05) is 50.7 Å². The molecule has 1 unspecified atom stereocenters. The molecule has 1 aromatic rings. The Hall–Kier alpha value is -2.41. The highest BCUT2D eigenvalue weighted by Crippen LogP contribution is 2.31. The quantitative estimate of drug-likeness (QED) is 0.870. The van der Waals surface area contributed by atoms with Crippen molar-refractivity contribution in [3.8, 4) is 0 Å². The topological polar surface area (TPSA) is 79.0 Å². The molecule has 0 radical (unpaired) electrons. The average molecular weight is 373 g/mol. The van der Waals surface area contributed by atoms with E-state index in [1.54, 1.807) is 41.1 Å². The summed E-state index contributed by atoms with van der Waals surface area (Å²) in [6.07, 6.45) is 1.38. The van der Waals surface area contributed by atoms with Crippen LogP contribution in [-0.4, -0.2) is 66.0 Å². The Kier molecular flexibility index (Phi) is 5.51. The first-order chi connectivity index (χ1) is 12.9. The van der Waals surface area contributed by atoms with Crippen LogP contribution >= 0.6 is 0 Å². The fourth-order valence-corrected chi connectivity index (χ4v) is 3.57. The predicted molar refractivity (Wildman–Crippen MR) is 100 cm³/mol. The summed E-state index contributed by atoms with van der Waals surface area (Å²) in [6, 6.07) is 6.85. The van der Waals surface area contributed by atoms with Crippen molar-refractivity contribution in [2.75, 3.05) is 26.7 Å². The van der Waals surface area contributed by atoms with Gasteiger partial charge < -0.3 is 19.9 Å². The Bertz CT molecular complexity index is 740. The van der Waals surface area contributed by atoms with Gasteiger partial charge in [-0.15, -0.1) is 0 Å². The normalized spacial score (nSPS) is 21.2. The summed E-state index contributed by atoms with van der Waals surface area (Å²) in [4.78, 5) is 40.5. The number of carbonyl (C=O) groups is 3. The monoisotopic (exact) mass is 373 g/mol. The zero-order valence-electron chi connectivity index (χ0n) is 16.2. The number of likely N-dealkylation sites (tertiary alicyclic amines) is 1. The van der Waals surface area contributed by atoms with Gasteiger partial charge in [-0.05, 0) is 31.5 Å². The van der Waals surface area contributed by atoms with E-state index in [4.69, 9.17) is 4.74 Å². The molecule has 2 heterocycles. The first-order valence-corrected chi connectivity index (χ1v) is 9.53. The number of carbonyl (C=O) groups excluding carboxylic acids is 3. The molecule has 1 N–H and O–H groups in total. The number of ether oxygens (including phenoxy) is 1. The van der Waals surface area contributed by atoms with E-state index in [-0.39, 0.29) is 17.7 Å². The van der Waals surface area contributed by atoms with Crippen LogP contribution in [0.3, 0.4) is 0 Å². The fourth-order valence-electron chi connectivity index (χ4n) is 3.57. The lowest BCUT2D eigenvalue weighted by Crippen LogP contribution is -2.53. The minimum atomic E-state index is -0.643. The molecule has 0 bridgehead atoms. The van der Waals surface area contributed by atoms with Crippen LogP contribution in [0.1, 0.15) is 53.8 Å². The van der Waals surface area contributed by atoms with E-state index in [1.165, 1.54) is 0 Å². The van der Waals surface area contributed by atoms with E-state index in [0.29, 0.717) is 50.0 Å². The molecule has 27 heavy (non-hydrogen) atoms. The van der Waals surface area contributed by atoms with Crippen LogP contribution in [0.15, 0.2) is 24.3 Å². The van der Waals surface area contributed by atoms with Gasteiger partial charge in [0.15, 0.2) is 0 Å². The van der Waals surface area contributed by atoms with Crippen LogP contribution in [0.2, 0.25) is 0 Å². The zero-order chi connectivity index (χ0) is 19.6. The fraction of sp³-hybridized carbons (Fsp3) is 0.550. The predicted octanol–water partition coefficient (Wildman–Crippen LogP) is 1.64. The van der Waals surface area contributed by atoms with Crippen LogP contribution in [-0.2, 0) is 9.53 Å². The van der Waals surface area contributed by atoms with Crippen molar-refractivity contribution in [3.05, 3.63) is 35.4 Å². The van der Waals surface area contributed by atoms with E-state index in [1.807, 2.05) is 13.8 Å². The third-order valence-corrected chi connectivity index (χ3v) is 5.42. The molecule has 0 aromatic heterocycles. The highest BCUT2D eigenvalue weighted by Gasteiger charge is 2.46. The maximum absolute atomic E-state index is 12.9. The van der Waals surface area contributed by atoms with E-state index in [9.17, 15) is 14.4 Å². The SMILES string of the molecule is CCC1OC2(CCN(C(=O)c3cccc(C(=O)N(C)CC)c3)CC2)NC1=O. The smallest absolute Gasteiger partial charge is 0.253 e. The average Bonchev–Trinajstić information content (AvgIpc) is 3.01. The molecule has 0 aliphatic carbocycles. The van der Waals surface area contributed by atoms with Crippen LogP contribution < -0.4 is 5.32 Å². The van der Waals surface area contributed by atoms with E-state index >= 15 is 0 Å². The van der Waals surface area contributed by atoms with Crippen molar-refractivity contribution in [1.82, 2.24) is 15.1 Å². The number of amides is 3. The number of nitrogens with one attached hydrogen (secondary N) is 1. The minimum Gasteiger partial charge on any atom is -0.343 e. The molecule has 3 rings (SSSR count). The highest BCUT2D eigenvalue weighted by atomic mass is 16.5. The lowest BCUT2D eigenvalue weighted by atomic mass is 9.99. The first kappa shape index (κ1) is 19.4. The Balaban J connectivity index is 1.66. The standard InChI is InChI=1S/C20H27N3O4/c1-4-16-17(24)21-20(27-16)9-11-23(12-10-20)19(26)15-8-6-7-14(13-15)18(25)22(3)5-2/h6-8,13,16H,4-5,9-12H2,1-3H3,(H,21,24). The third kappa shape index (κ3) is 3.83. The molecule has 1 spiro atoms. The highest BCUT2D eigenvalue weighted by molar-refractivity contribution is 5.99. The molecular formula is C20H27N3O4. The van der Waals surface area contributed by atoms with Crippen LogP contribution in [0.5, 0.6) is 0 Å². The number of hydrogen-bond acceptors (Lipinski definition) is 4. The van der Waals surface area contributed by atoms with Crippen molar-refractivity contribution < 1.29 is 19.1 Å². The van der Waals surface area contributed by atoms with E-state index in [2.05, 4.69) is 5.32 Å². The van der Waals surface area contributed by atoms with Gasteiger partial charge in [0.25, 0.3) is 17.7 Å². The number of benzene rings is 1. The van der Waals surface area contributed by atoms with E-state index in [0.717, 1.165) is 0 Å². The first-order valence-electron chi connectivity index (χ1n) is 9.53. The molecular weight excluding hydrogens is 346 g/mol. The second kappa shape index (κ2) is 7.68. The van der Waals surface area contributed by atoms with Crippen LogP contribution in [0.4, 0.5) is 0 Å². The molecule has 0 saturated carbocycles. The van der Waals surface area contributed by atoms with Gasteiger partial charge in [-0.3, -0.25) is 14.4 Å². The van der Waals surface area contributed by atoms with Crippen molar-refractivity contribution in [2.24, 2.45) is 0 Å². The summed E-state index contributed by atoms with van der Waals surface area (Å²) in [7, 11) is 1.74. The van der Waals surface area contributed by atoms with Crippen molar-refractivity contribution in [2.45, 2.75) is 44.9 Å². The Morgan fingerprint density at radius 1 is 1.26 bits per heavy atom. The summed E-state index contributed by atoms with van der Waals surface area (Å²) >= 11 is 0. The van der Waals surface area contributed by atoms with Gasteiger partial charge in [-0.2, -0.15) is 0 Å². The maximum atomic E-state index is 12.9. The Labute approximate surface area is 159 Å². The van der Waals surface area contributed by atoms with Crippen LogP contribution in [0, 0.1) is 0 Å². The summed E-state index contributed by atoms with van der Waals surface area (Å²) in [5.41, 5.74) is 0.371. The van der Waals surface area contributed by atoms with Gasteiger partial charge >= 0.3 is 0 Å². The van der Waals surface area contributed by atoms with Crippen molar-refractivity contribution >= 4 is 17.7 Å². The molecule has 7 heteroatoms. The maximum Gasteiger partial charge on any atom is 0.253 e. The third-order valence-electron chi connectivity index (χ3n) is 5.42. The molecule has 2 aliphatic heterocycles. The second-order valence-corrected chi connectivity index (χ2v) is 7.19. The molecule has 2 fully saturated rings. The Morgan fingerprint density at radius 3 is 2.52 bits per heavy atom. The zero-order valence-corrected chi connectivity index (χ0v) is 16.2. The van der Waals surface area contributed by atoms with Gasteiger partial charge in [-0.25, -0.2) is 0 Å². The summed E-state index contributed by atoms with van der Waals surface area (Å²) in [5, 5.41) is 2.96. The number of piperidine rings is 1. The molecule has 1 atom stereocenters. The summed E-state index contributed by atoms with van der Waals surface area (Å²) in [5.74, 6) is -0.268. The molecule has 3 amide bonds. The van der Waals surface area contributed by atoms with Gasteiger partial charge in [0.1, 0.15) is 11.8 Å². The summed E-state index contributed by atoms with van der Waals surface area (Å²) < 4.78 is 5.93. The van der Waals surface area contributed by atoms with Crippen molar-refractivity contribution in [1.29, 1.82) is 0 Å². The number of nitrogens with zero attached hydrogens (tertiary/aromatic N) is 2. The second-order valence-electron chi connectivity index (χ2n) is 7.19. The van der Waals surface area contributed by atoms with Crippen LogP contribution in [0.25, 0.3) is 0 Å². The molecule has 1 aromatic carbocycles. The van der Waals surface area contributed by atoms with E-state index < -0.39 is 11.8 Å². The molecule has 146 valence electrons. The van der Waals surface area contributed by atoms with Gasteiger partial charge in [0.2, 0.25) is 0 Å². The number of hydrogen-bond donors (Lipinski definition) is 1. The van der Waals surface area contributed by atoms with Gasteiger partial charge in [-0.1, -0.05) is 13.0 Å². The molecule has 7 nitrogen and oxygen atoms in total.